The topological polar surface area (TPSA) is 193 Å². The molecule has 354 valence electrons. The van der Waals surface area contributed by atoms with Crippen LogP contribution in [0.25, 0.3) is 16.6 Å². The number of aromatic amines is 1. The number of nitrogens with zero attached hydrogens (tertiary/aromatic N) is 6. The highest BCUT2D eigenvalue weighted by molar-refractivity contribution is 7.93. The number of allylic oxidation sites excluding steroid dienone is 1. The van der Waals surface area contributed by atoms with Crippen LogP contribution >= 0.6 is 11.6 Å². The number of benzene rings is 3. The van der Waals surface area contributed by atoms with E-state index in [1.54, 1.807) is 31.4 Å². The first-order valence-corrected chi connectivity index (χ1v) is 26.3. The number of hydrogen-bond acceptors (Lipinski definition) is 13. The van der Waals surface area contributed by atoms with Gasteiger partial charge in [-0.15, -0.1) is 0 Å². The molecule has 1 amide bonds. The number of sulfonamides is 1. The molecule has 2 fully saturated rings. The number of carbonyl (C=O) groups excluding carboxylic acids is 1. The van der Waals surface area contributed by atoms with E-state index in [4.69, 9.17) is 21.1 Å². The minimum Gasteiger partial charge on any atom is -0.493 e. The minimum atomic E-state index is -4.66. The third kappa shape index (κ3) is 10.5. The van der Waals surface area contributed by atoms with Crippen LogP contribution in [0.4, 0.5) is 11.4 Å². The summed E-state index contributed by atoms with van der Waals surface area (Å²) in [5.74, 6) is 0.351. The number of aromatic nitrogens is 2. The van der Waals surface area contributed by atoms with E-state index in [0.29, 0.717) is 55.6 Å². The Bertz CT molecular complexity index is 2980. The molecule has 0 radical (unpaired) electrons. The zero-order valence-electron chi connectivity index (χ0n) is 37.8. The second-order valence-corrected chi connectivity index (χ2v) is 23.6. The van der Waals surface area contributed by atoms with Gasteiger partial charge in [0.2, 0.25) is 0 Å². The number of nitro groups is 1. The van der Waals surface area contributed by atoms with Crippen molar-refractivity contribution in [3.05, 3.63) is 117 Å². The number of fused-ring (bicyclic) bond motifs is 2. The zero-order valence-corrected chi connectivity index (χ0v) is 40.2. The van der Waals surface area contributed by atoms with E-state index in [9.17, 15) is 27.5 Å². The molecule has 3 aliphatic heterocycles. The fourth-order valence-corrected chi connectivity index (χ4v) is 12.4. The predicted molar refractivity (Wildman–Crippen MR) is 260 cm³/mol. The molecular weight excluding hydrogens is 916 g/mol. The molecule has 2 aromatic heterocycles. The van der Waals surface area contributed by atoms with E-state index in [1.807, 2.05) is 18.2 Å². The van der Waals surface area contributed by atoms with Gasteiger partial charge in [0, 0.05) is 127 Å². The number of amides is 1. The van der Waals surface area contributed by atoms with E-state index >= 15 is 0 Å². The monoisotopic (exact) mass is 970 g/mol. The molecule has 5 heterocycles. The highest BCUT2D eigenvalue weighted by Crippen LogP contribution is 2.44. The van der Waals surface area contributed by atoms with E-state index in [0.717, 1.165) is 61.1 Å². The van der Waals surface area contributed by atoms with Gasteiger partial charge in [0.1, 0.15) is 22.9 Å². The van der Waals surface area contributed by atoms with Crippen LogP contribution in [0.15, 0.2) is 94.0 Å². The predicted octanol–water partition coefficient (Wildman–Crippen LogP) is 7.79. The first kappa shape index (κ1) is 46.6. The van der Waals surface area contributed by atoms with Crippen molar-refractivity contribution in [3.8, 4) is 17.2 Å². The number of rotatable bonds is 12. The second-order valence-electron chi connectivity index (χ2n) is 18.7. The fourth-order valence-electron chi connectivity index (χ4n) is 9.63. The number of ether oxygens (including phenoxy) is 2. The van der Waals surface area contributed by atoms with Gasteiger partial charge in [-0.3, -0.25) is 19.8 Å². The van der Waals surface area contributed by atoms with E-state index < -0.39 is 41.2 Å². The van der Waals surface area contributed by atoms with Crippen molar-refractivity contribution in [2.24, 2.45) is 15.7 Å². The summed E-state index contributed by atoms with van der Waals surface area (Å²) in [5.41, 5.74) is 5.56. The van der Waals surface area contributed by atoms with Gasteiger partial charge in [-0.2, -0.15) is 0 Å². The van der Waals surface area contributed by atoms with Gasteiger partial charge in [0.05, 0.1) is 33.7 Å². The van der Waals surface area contributed by atoms with Crippen molar-refractivity contribution in [1.82, 2.24) is 24.5 Å². The standard InChI is InChI=1S/C48H55ClN8O8S2/c1-48(2)12-10-35(42(27-48)33-4-6-36(49)7-5-33)30-54-14-16-56(17-15-54)37-8-9-40(45(24-37)65-38-23-34-11-13-51-46(34)52-28-38)47(58)53-67(62,63)39-25-43(57(59)60)41-22-32(31-64-44(41)26-39)29-55-18-20-66(61,50-3)21-19-55/h4-9,11,13,23-26,28,32H,10,12,14-22,27,29-31H2,1-3H3,(H,51,52)(H,53,58)/t32-/m0/s1. The number of H-pyrrole nitrogens is 1. The average Bonchev–Trinajstić information content (AvgIpc) is 3.78. The van der Waals surface area contributed by atoms with Crippen molar-refractivity contribution >= 4 is 65.2 Å². The van der Waals surface area contributed by atoms with Crippen LogP contribution in [0.5, 0.6) is 17.2 Å². The molecule has 1 aliphatic carbocycles. The average molecular weight is 972 g/mol. The maximum Gasteiger partial charge on any atom is 0.277 e. The Balaban J connectivity index is 0.926. The van der Waals surface area contributed by atoms with Crippen molar-refractivity contribution in [3.63, 3.8) is 0 Å². The summed E-state index contributed by atoms with van der Waals surface area (Å²) in [4.78, 5) is 39.8. The quantitative estimate of drug-likeness (QED) is 0.0913. The van der Waals surface area contributed by atoms with Gasteiger partial charge < -0.3 is 24.3 Å². The Morgan fingerprint density at radius 2 is 1.81 bits per heavy atom. The van der Waals surface area contributed by atoms with Gasteiger partial charge >= 0.3 is 0 Å². The molecule has 16 nitrogen and oxygen atoms in total. The second kappa shape index (κ2) is 18.9. The van der Waals surface area contributed by atoms with Crippen molar-refractivity contribution in [2.75, 3.05) is 82.4 Å². The molecule has 0 spiro atoms. The third-order valence-electron chi connectivity index (χ3n) is 13.5. The minimum absolute atomic E-state index is 0.0605. The molecule has 0 saturated carbocycles. The molecule has 67 heavy (non-hydrogen) atoms. The molecule has 3 aromatic carbocycles. The summed E-state index contributed by atoms with van der Waals surface area (Å²) in [6, 6.07) is 19.0. The van der Waals surface area contributed by atoms with Crippen LogP contribution in [0, 0.1) is 21.4 Å². The number of pyridine rings is 1. The first-order valence-electron chi connectivity index (χ1n) is 22.6. The molecule has 19 heteroatoms. The Morgan fingerprint density at radius 1 is 1.04 bits per heavy atom. The lowest BCUT2D eigenvalue weighted by atomic mass is 9.72. The van der Waals surface area contributed by atoms with Crippen molar-refractivity contribution < 1.29 is 31.8 Å². The molecule has 5 aromatic rings. The number of nitrogens with one attached hydrogen (secondary N) is 2. The molecule has 1 atom stereocenters. The van der Waals surface area contributed by atoms with Crippen LogP contribution in [-0.2, 0) is 26.2 Å². The Labute approximate surface area is 396 Å². The Kier molecular flexibility index (Phi) is 13.1. The molecular formula is C48H55ClN8O8S2. The normalized spacial score (nSPS) is 19.9. The Morgan fingerprint density at radius 3 is 2.54 bits per heavy atom. The van der Waals surface area contributed by atoms with Gasteiger partial charge in [0.25, 0.3) is 21.6 Å². The van der Waals surface area contributed by atoms with Crippen LogP contribution in [0.3, 0.4) is 0 Å². The first-order chi connectivity index (χ1) is 32.0. The molecule has 0 bridgehead atoms. The van der Waals surface area contributed by atoms with Crippen LogP contribution < -0.4 is 19.1 Å². The lowest BCUT2D eigenvalue weighted by molar-refractivity contribution is -0.386. The van der Waals surface area contributed by atoms with E-state index in [2.05, 4.69) is 59.7 Å². The van der Waals surface area contributed by atoms with E-state index in [1.165, 1.54) is 35.0 Å². The highest BCUT2D eigenvalue weighted by Gasteiger charge is 2.34. The summed E-state index contributed by atoms with van der Waals surface area (Å²) >= 11 is 6.25. The third-order valence-corrected chi connectivity index (χ3v) is 17.4. The van der Waals surface area contributed by atoms with Crippen LogP contribution in [0.2, 0.25) is 5.02 Å². The number of nitro benzene ring substituents is 1. The molecule has 2 N–H and O–H groups in total. The molecule has 0 unspecified atom stereocenters. The molecule has 2 saturated heterocycles. The maximum atomic E-state index is 14.1. The lowest BCUT2D eigenvalue weighted by Crippen LogP contribution is -2.47. The number of halogens is 1. The molecule has 4 aliphatic rings. The maximum absolute atomic E-state index is 14.1. The summed E-state index contributed by atoms with van der Waals surface area (Å²) < 4.78 is 59.2. The smallest absolute Gasteiger partial charge is 0.277 e. The van der Waals surface area contributed by atoms with Gasteiger partial charge in [0.15, 0.2) is 0 Å². The number of anilines is 1. The summed E-state index contributed by atoms with van der Waals surface area (Å²) in [6.45, 7) is 10.5. The van der Waals surface area contributed by atoms with Gasteiger partial charge in [-0.25, -0.2) is 26.7 Å². The number of hydrogen-bond donors (Lipinski definition) is 2. The summed E-state index contributed by atoms with van der Waals surface area (Å²) in [7, 11) is -5.29. The number of carbonyl (C=O) groups is 1. The highest BCUT2D eigenvalue weighted by atomic mass is 35.5. The van der Waals surface area contributed by atoms with Crippen LogP contribution in [0.1, 0.15) is 54.6 Å². The summed E-state index contributed by atoms with van der Waals surface area (Å²) in [6.07, 6.45) is 6.73. The fraction of sp³-hybridized carbons (Fsp3) is 0.417. The molecule has 9 rings (SSSR count). The SMILES string of the molecule is CN=S1(=O)CCN(C[C@H]2COc3cc(S(=O)(=O)NC(=O)c4ccc(N5CCN(CC6=C(c7ccc(Cl)cc7)CC(C)(C)CC6)CC5)cc4Oc4cnc5[nH]ccc5c4)cc([N+](=O)[O-])c3C2)CC1. The van der Waals surface area contributed by atoms with Crippen LogP contribution in [-0.4, -0.2) is 121 Å². The largest absolute Gasteiger partial charge is 0.493 e. The van der Waals surface area contributed by atoms with Gasteiger partial charge in [-0.05, 0) is 78.6 Å². The van der Waals surface area contributed by atoms with Gasteiger partial charge in [-0.1, -0.05) is 43.2 Å². The number of piperazine rings is 1. The van der Waals surface area contributed by atoms with Crippen molar-refractivity contribution in [1.29, 1.82) is 0 Å². The van der Waals surface area contributed by atoms with Crippen molar-refractivity contribution in [2.45, 2.75) is 44.4 Å². The van der Waals surface area contributed by atoms with E-state index in [-0.39, 0.29) is 47.0 Å². The Hall–Kier alpha value is -5.53. The zero-order chi connectivity index (χ0) is 47.1. The summed E-state index contributed by atoms with van der Waals surface area (Å²) in [5, 5.41) is 13.9. The lowest BCUT2D eigenvalue weighted by Gasteiger charge is -2.39.